The van der Waals surface area contributed by atoms with E-state index in [1.54, 1.807) is 0 Å². The molecule has 0 amide bonds. The predicted octanol–water partition coefficient (Wildman–Crippen LogP) is 4.57. The maximum atomic E-state index is 6.31. The van der Waals surface area contributed by atoms with Crippen LogP contribution in [0.3, 0.4) is 0 Å². The van der Waals surface area contributed by atoms with Gasteiger partial charge in [0.2, 0.25) is 0 Å². The van der Waals surface area contributed by atoms with Gasteiger partial charge in [0.15, 0.2) is 0 Å². The smallest absolute Gasteiger partial charge is 0.0352 e. The number of piperidine rings is 1. The Labute approximate surface area is 153 Å². The summed E-state index contributed by atoms with van der Waals surface area (Å²) in [5.74, 6) is 0.592. The van der Waals surface area contributed by atoms with Crippen molar-refractivity contribution in [3.05, 3.63) is 59.2 Å². The molecule has 136 valence electrons. The zero-order valence-electron chi connectivity index (χ0n) is 16.3. The second-order valence-electron chi connectivity index (χ2n) is 8.48. The minimum Gasteiger partial charge on any atom is -0.324 e. The van der Waals surface area contributed by atoms with Crippen LogP contribution in [0.2, 0.25) is 0 Å². The van der Waals surface area contributed by atoms with Crippen LogP contribution in [0.15, 0.2) is 53.6 Å². The summed E-state index contributed by atoms with van der Waals surface area (Å²) in [6, 6.07) is 11.5. The third kappa shape index (κ3) is 3.91. The first-order chi connectivity index (χ1) is 11.9. The third-order valence-corrected chi connectivity index (χ3v) is 6.24. The average molecular weight is 339 g/mol. The Morgan fingerprint density at radius 1 is 1.20 bits per heavy atom. The Bertz CT molecular complexity index is 639. The quantitative estimate of drug-likeness (QED) is 0.852. The monoisotopic (exact) mass is 338 g/mol. The van der Waals surface area contributed by atoms with Crippen LogP contribution in [0.4, 0.5) is 0 Å². The first-order valence-corrected chi connectivity index (χ1v) is 9.88. The molecule has 1 aliphatic carbocycles. The van der Waals surface area contributed by atoms with Crippen molar-refractivity contribution in [2.45, 2.75) is 59.0 Å². The molecular weight excluding hydrogens is 304 g/mol. The molecule has 1 aromatic rings. The van der Waals surface area contributed by atoms with Gasteiger partial charge in [-0.3, -0.25) is 4.90 Å². The number of hydrogen-bond acceptors (Lipinski definition) is 2. The molecule has 1 aromatic carbocycles. The highest BCUT2D eigenvalue weighted by atomic mass is 15.2. The van der Waals surface area contributed by atoms with Crippen molar-refractivity contribution in [3.8, 4) is 0 Å². The van der Waals surface area contributed by atoms with Gasteiger partial charge in [0, 0.05) is 24.5 Å². The molecule has 3 unspecified atom stereocenters. The molecule has 2 aliphatic rings. The molecule has 0 radical (unpaired) electrons. The van der Waals surface area contributed by atoms with Crippen LogP contribution >= 0.6 is 0 Å². The highest BCUT2D eigenvalue weighted by Crippen LogP contribution is 2.45. The van der Waals surface area contributed by atoms with Gasteiger partial charge in [-0.2, -0.15) is 0 Å². The Morgan fingerprint density at radius 3 is 2.56 bits per heavy atom. The van der Waals surface area contributed by atoms with Gasteiger partial charge < -0.3 is 5.73 Å². The van der Waals surface area contributed by atoms with E-state index in [4.69, 9.17) is 5.73 Å². The first-order valence-electron chi connectivity index (χ1n) is 9.88. The van der Waals surface area contributed by atoms with Gasteiger partial charge in [-0.15, -0.1) is 0 Å². The van der Waals surface area contributed by atoms with Crippen LogP contribution in [0.5, 0.6) is 0 Å². The van der Waals surface area contributed by atoms with Crippen molar-refractivity contribution >= 4 is 0 Å². The molecule has 2 heteroatoms. The van der Waals surface area contributed by atoms with Crippen LogP contribution < -0.4 is 5.73 Å². The number of nitrogens with zero attached hydrogens (tertiary/aromatic N) is 1. The van der Waals surface area contributed by atoms with E-state index in [0.717, 1.165) is 19.4 Å². The normalized spacial score (nSPS) is 27.2. The molecule has 2 nitrogen and oxygen atoms in total. The molecule has 2 N–H and O–H groups in total. The summed E-state index contributed by atoms with van der Waals surface area (Å²) in [6.45, 7) is 11.6. The molecule has 0 bridgehead atoms. The maximum Gasteiger partial charge on any atom is 0.0352 e. The Hall–Kier alpha value is -1.38. The van der Waals surface area contributed by atoms with Crippen molar-refractivity contribution in [1.29, 1.82) is 0 Å². The van der Waals surface area contributed by atoms with Crippen molar-refractivity contribution < 1.29 is 0 Å². The fourth-order valence-corrected chi connectivity index (χ4v) is 4.52. The van der Waals surface area contributed by atoms with E-state index in [1.165, 1.54) is 29.7 Å². The van der Waals surface area contributed by atoms with E-state index in [9.17, 15) is 0 Å². The number of rotatable bonds is 5. The predicted molar refractivity (Wildman–Crippen MR) is 108 cm³/mol. The molecule has 1 heterocycles. The topological polar surface area (TPSA) is 29.3 Å². The lowest BCUT2D eigenvalue weighted by Gasteiger charge is -2.50. The summed E-state index contributed by atoms with van der Waals surface area (Å²) in [5, 5.41) is 0. The third-order valence-electron chi connectivity index (χ3n) is 6.24. The zero-order chi connectivity index (χ0) is 18.0. The van der Waals surface area contributed by atoms with Crippen LogP contribution in [-0.2, 0) is 6.42 Å². The number of hydrogen-bond donors (Lipinski definition) is 1. The number of fused-ring (bicyclic) bond motifs is 1. The van der Waals surface area contributed by atoms with Crippen molar-refractivity contribution in [3.63, 3.8) is 0 Å². The summed E-state index contributed by atoms with van der Waals surface area (Å²) in [4.78, 5) is 2.69. The van der Waals surface area contributed by atoms with Gasteiger partial charge >= 0.3 is 0 Å². The zero-order valence-corrected chi connectivity index (χ0v) is 16.3. The van der Waals surface area contributed by atoms with Gasteiger partial charge in [0.1, 0.15) is 0 Å². The van der Waals surface area contributed by atoms with E-state index < -0.39 is 0 Å². The fraction of sp³-hybridized carbons (Fsp3) is 0.565. The molecule has 3 atom stereocenters. The minimum absolute atomic E-state index is 0.119. The van der Waals surface area contributed by atoms with Gasteiger partial charge in [-0.05, 0) is 54.9 Å². The van der Waals surface area contributed by atoms with E-state index >= 15 is 0 Å². The van der Waals surface area contributed by atoms with Gasteiger partial charge in [0.05, 0.1) is 0 Å². The van der Waals surface area contributed by atoms with E-state index in [-0.39, 0.29) is 6.04 Å². The highest BCUT2D eigenvalue weighted by molar-refractivity contribution is 5.41. The fourth-order valence-electron chi connectivity index (χ4n) is 4.52. The lowest BCUT2D eigenvalue weighted by atomic mass is 9.65. The van der Waals surface area contributed by atoms with Crippen LogP contribution in [-0.4, -0.2) is 30.1 Å². The second kappa shape index (κ2) is 7.47. The molecule has 1 saturated heterocycles. The van der Waals surface area contributed by atoms with E-state index in [1.807, 2.05) is 0 Å². The lowest BCUT2D eigenvalue weighted by molar-refractivity contribution is 0.0477. The largest absolute Gasteiger partial charge is 0.324 e. The van der Waals surface area contributed by atoms with Crippen molar-refractivity contribution in [1.82, 2.24) is 4.90 Å². The Kier molecular flexibility index (Phi) is 5.50. The summed E-state index contributed by atoms with van der Waals surface area (Å²) in [6.07, 6.45) is 8.52. The Morgan fingerprint density at radius 2 is 1.92 bits per heavy atom. The molecule has 0 spiro atoms. The summed E-state index contributed by atoms with van der Waals surface area (Å²) < 4.78 is 0. The van der Waals surface area contributed by atoms with Crippen molar-refractivity contribution in [2.24, 2.45) is 17.1 Å². The van der Waals surface area contributed by atoms with Gasteiger partial charge in [0.25, 0.3) is 0 Å². The minimum atomic E-state index is 0.119. The molecule has 25 heavy (non-hydrogen) atoms. The summed E-state index contributed by atoms with van der Waals surface area (Å²) in [7, 11) is 0. The number of likely N-dealkylation sites (tertiary alicyclic amines) is 1. The first kappa shape index (κ1) is 18.4. The van der Waals surface area contributed by atoms with E-state index in [2.05, 4.69) is 75.1 Å². The summed E-state index contributed by atoms with van der Waals surface area (Å²) in [5.41, 5.74) is 10.9. The SMILES string of the molecule is CCC1=CC2C(C=C1C(C)N)N(CCc1ccccc1)CCC2(C)C. The standard InChI is InChI=1S/C23H34N2/c1-5-19-15-21-22(16-20(19)17(2)24)25(14-12-23(21,3)4)13-11-18-9-7-6-8-10-18/h6-10,15-17,21-22H,5,11-14,24H2,1-4H3. The molecule has 0 saturated carbocycles. The highest BCUT2D eigenvalue weighted by Gasteiger charge is 2.42. The van der Waals surface area contributed by atoms with Crippen molar-refractivity contribution in [2.75, 3.05) is 13.1 Å². The lowest BCUT2D eigenvalue weighted by Crippen LogP contribution is -2.53. The average Bonchev–Trinajstić information content (AvgIpc) is 2.61. The molecule has 1 fully saturated rings. The Balaban J connectivity index is 1.83. The maximum absolute atomic E-state index is 6.31. The second-order valence-corrected chi connectivity index (χ2v) is 8.48. The molecular formula is C23H34N2. The molecule has 0 aromatic heterocycles. The molecule has 1 aliphatic heterocycles. The van der Waals surface area contributed by atoms with Crippen LogP contribution in [0.1, 0.15) is 46.1 Å². The number of benzene rings is 1. The molecule has 3 rings (SSSR count). The van der Waals surface area contributed by atoms with E-state index in [0.29, 0.717) is 17.4 Å². The summed E-state index contributed by atoms with van der Waals surface area (Å²) >= 11 is 0. The van der Waals surface area contributed by atoms with Gasteiger partial charge in [-0.25, -0.2) is 0 Å². The van der Waals surface area contributed by atoms with Crippen LogP contribution in [0.25, 0.3) is 0 Å². The van der Waals surface area contributed by atoms with Gasteiger partial charge in [-0.1, -0.05) is 63.3 Å². The van der Waals surface area contributed by atoms with Crippen LogP contribution in [0, 0.1) is 11.3 Å². The number of nitrogens with two attached hydrogens (primary N) is 1.